The summed E-state index contributed by atoms with van der Waals surface area (Å²) in [6.45, 7) is 7.24. The van der Waals surface area contributed by atoms with Crippen LogP contribution in [-0.2, 0) is 18.7 Å². The van der Waals surface area contributed by atoms with Gasteiger partial charge in [0.25, 0.3) is 0 Å². The first-order chi connectivity index (χ1) is 12.9. The van der Waals surface area contributed by atoms with Crippen LogP contribution in [0.5, 0.6) is 0 Å². The zero-order chi connectivity index (χ0) is 20.6. The van der Waals surface area contributed by atoms with E-state index in [0.29, 0.717) is 5.69 Å². The number of para-hydroxylation sites is 1. The van der Waals surface area contributed by atoms with E-state index < -0.39 is 54.3 Å². The van der Waals surface area contributed by atoms with Crippen LogP contribution in [0.25, 0.3) is 0 Å². The molecule has 7 atom stereocenters. The number of carbonyl (C=O) groups excluding carboxylic acids is 2. The van der Waals surface area contributed by atoms with E-state index in [1.165, 1.54) is 0 Å². The molecule has 2 aliphatic carbocycles. The second-order valence-electron chi connectivity index (χ2n) is 9.57. The van der Waals surface area contributed by atoms with Gasteiger partial charge in [-0.25, -0.2) is 0 Å². The van der Waals surface area contributed by atoms with E-state index >= 15 is 0 Å². The largest absolute Gasteiger partial charge is 0.390 e. The number of imide groups is 1. The van der Waals surface area contributed by atoms with Gasteiger partial charge in [-0.15, -0.1) is 0 Å². The molecule has 1 aromatic carbocycles. The van der Waals surface area contributed by atoms with Gasteiger partial charge in [0.05, 0.1) is 35.4 Å². The number of hydrogen-bond donors (Lipinski definition) is 2. The molecular weight excluding hydrogens is 381 g/mol. The highest BCUT2D eigenvalue weighted by Crippen LogP contribution is 2.75. The van der Waals surface area contributed by atoms with E-state index in [0.717, 1.165) is 4.90 Å². The van der Waals surface area contributed by atoms with Crippen molar-refractivity contribution < 1.29 is 28.7 Å². The van der Waals surface area contributed by atoms with Crippen LogP contribution in [0.15, 0.2) is 30.3 Å². The topological polar surface area (TPSA) is 104 Å². The maximum Gasteiger partial charge on any atom is 0.332 e. The fraction of sp³-hybridized carbons (Fsp3) is 0.600. The monoisotopic (exact) mass is 407 g/mol. The molecule has 1 aliphatic heterocycles. The molecule has 1 aromatic rings. The molecule has 8 heteroatoms. The van der Waals surface area contributed by atoms with Crippen LogP contribution in [0.1, 0.15) is 27.7 Å². The Hall–Kier alpha value is -1.53. The number of benzene rings is 1. The summed E-state index contributed by atoms with van der Waals surface area (Å²) in [6.07, 6.45) is 0. The zero-order valence-corrected chi connectivity index (χ0v) is 17.3. The minimum absolute atomic E-state index is 0.0404. The lowest BCUT2D eigenvalue weighted by Gasteiger charge is -2.29. The van der Waals surface area contributed by atoms with Crippen molar-refractivity contribution in [3.05, 3.63) is 30.3 Å². The molecule has 1 unspecified atom stereocenters. The number of aliphatic hydroxyl groups is 1. The van der Waals surface area contributed by atoms with Crippen molar-refractivity contribution >= 4 is 25.1 Å². The molecular formula is C20H26NO6P. The summed E-state index contributed by atoms with van der Waals surface area (Å²) in [5, 5.41) is 10.7. The Morgan fingerprint density at radius 1 is 1.11 bits per heavy atom. The molecule has 2 amide bonds. The fourth-order valence-corrected chi connectivity index (χ4v) is 7.35. The Kier molecular flexibility index (Phi) is 4.23. The van der Waals surface area contributed by atoms with Crippen molar-refractivity contribution in [2.24, 2.45) is 29.1 Å². The van der Waals surface area contributed by atoms with Gasteiger partial charge in [0, 0.05) is 11.8 Å². The number of fused-ring (bicyclic) bond motifs is 3. The van der Waals surface area contributed by atoms with Crippen LogP contribution in [0, 0.1) is 29.1 Å². The van der Waals surface area contributed by atoms with E-state index in [-0.39, 0.29) is 12.0 Å². The van der Waals surface area contributed by atoms with Crippen LogP contribution in [0.3, 0.4) is 0 Å². The SMILES string of the molecule is CC(C)(C)COP(=O)(O)[C@H]1[C@@H]2C(=O)N(c3ccccc3)C(=O)[C@@H]2[C@@H]2[C@H]1[C@]2(C)O. The molecule has 0 aromatic heterocycles. The minimum Gasteiger partial charge on any atom is -0.390 e. The maximum atomic E-state index is 13.2. The van der Waals surface area contributed by atoms with Gasteiger partial charge >= 0.3 is 7.60 Å². The molecule has 2 saturated carbocycles. The average Bonchev–Trinajstić information content (AvgIpc) is 2.92. The lowest BCUT2D eigenvalue weighted by Crippen LogP contribution is -2.36. The summed E-state index contributed by atoms with van der Waals surface area (Å²) in [5.74, 6) is -3.74. The lowest BCUT2D eigenvalue weighted by molar-refractivity contribution is -0.123. The van der Waals surface area contributed by atoms with Crippen molar-refractivity contribution in [2.75, 3.05) is 11.5 Å². The molecule has 152 valence electrons. The average molecular weight is 407 g/mol. The summed E-state index contributed by atoms with van der Waals surface area (Å²) in [5.41, 5.74) is -2.23. The Bertz CT molecular complexity index is 876. The molecule has 3 fully saturated rings. The molecule has 2 N–H and O–H groups in total. The van der Waals surface area contributed by atoms with E-state index in [2.05, 4.69) is 0 Å². The molecule has 4 rings (SSSR count). The van der Waals surface area contributed by atoms with Crippen molar-refractivity contribution in [3.63, 3.8) is 0 Å². The van der Waals surface area contributed by atoms with Gasteiger partial charge in [0.2, 0.25) is 11.8 Å². The number of carbonyl (C=O) groups is 2. The van der Waals surface area contributed by atoms with Crippen LogP contribution in [0.2, 0.25) is 0 Å². The zero-order valence-electron chi connectivity index (χ0n) is 16.4. The van der Waals surface area contributed by atoms with Crippen molar-refractivity contribution in [3.8, 4) is 0 Å². The van der Waals surface area contributed by atoms with Crippen molar-refractivity contribution in [2.45, 2.75) is 39.0 Å². The Labute approximate surface area is 164 Å². The molecule has 0 bridgehead atoms. The third-order valence-electron chi connectivity index (χ3n) is 6.22. The van der Waals surface area contributed by atoms with Crippen molar-refractivity contribution in [1.29, 1.82) is 0 Å². The summed E-state index contributed by atoms with van der Waals surface area (Å²) < 4.78 is 18.6. The third-order valence-corrected chi connectivity index (χ3v) is 8.12. The minimum atomic E-state index is -4.24. The Morgan fingerprint density at radius 3 is 2.25 bits per heavy atom. The van der Waals surface area contributed by atoms with Gasteiger partial charge in [-0.2, -0.15) is 0 Å². The van der Waals surface area contributed by atoms with Gasteiger partial charge in [-0.3, -0.25) is 19.1 Å². The summed E-state index contributed by atoms with van der Waals surface area (Å²) >= 11 is 0. The van der Waals surface area contributed by atoms with Gasteiger partial charge in [-0.1, -0.05) is 39.0 Å². The molecule has 1 saturated heterocycles. The predicted octanol–water partition coefficient (Wildman–Crippen LogP) is 2.42. The van der Waals surface area contributed by atoms with Gasteiger partial charge < -0.3 is 14.5 Å². The third kappa shape index (κ3) is 2.79. The molecule has 0 spiro atoms. The smallest absolute Gasteiger partial charge is 0.332 e. The normalized spacial score (nSPS) is 38.9. The molecule has 1 heterocycles. The van der Waals surface area contributed by atoms with E-state index in [4.69, 9.17) is 4.52 Å². The Balaban J connectivity index is 1.70. The first-order valence-corrected chi connectivity index (χ1v) is 11.1. The van der Waals surface area contributed by atoms with Crippen LogP contribution < -0.4 is 4.90 Å². The first-order valence-electron chi connectivity index (χ1n) is 9.50. The first kappa shape index (κ1) is 19.8. The Morgan fingerprint density at radius 2 is 1.68 bits per heavy atom. The van der Waals surface area contributed by atoms with Crippen molar-refractivity contribution in [1.82, 2.24) is 0 Å². The standard InChI is InChI=1S/C20H26NO6P/c1-19(2,3)10-27-28(25,26)16-13-12(14-15(16)20(14,4)24)17(22)21(18(13)23)11-8-6-5-7-9-11/h5-9,12-16,24H,10H2,1-4H3,(H,25,26)/t12-,13+,14+,15+,16-,20+/m0/s1. The second-order valence-corrected chi connectivity index (χ2v) is 11.5. The summed E-state index contributed by atoms with van der Waals surface area (Å²) in [7, 11) is -4.24. The van der Waals surface area contributed by atoms with Gasteiger partial charge in [0.15, 0.2) is 0 Å². The second kappa shape index (κ2) is 5.99. The predicted molar refractivity (Wildman–Crippen MR) is 103 cm³/mol. The quantitative estimate of drug-likeness (QED) is 0.587. The van der Waals surface area contributed by atoms with Crippen LogP contribution >= 0.6 is 7.60 Å². The summed E-state index contributed by atoms with van der Waals surface area (Å²) in [6, 6.07) is 8.54. The van der Waals surface area contributed by atoms with Crippen LogP contribution in [-0.4, -0.2) is 39.7 Å². The van der Waals surface area contributed by atoms with E-state index in [9.17, 15) is 24.2 Å². The van der Waals surface area contributed by atoms with Crippen LogP contribution in [0.4, 0.5) is 5.69 Å². The number of hydrogen-bond acceptors (Lipinski definition) is 5. The highest BCUT2D eigenvalue weighted by molar-refractivity contribution is 7.53. The highest BCUT2D eigenvalue weighted by Gasteiger charge is 2.82. The number of rotatable bonds is 4. The number of nitrogens with zero attached hydrogens (tertiary/aromatic N) is 1. The fourth-order valence-electron chi connectivity index (χ4n) is 4.99. The maximum absolute atomic E-state index is 13.2. The van der Waals surface area contributed by atoms with E-state index in [1.807, 2.05) is 20.8 Å². The lowest BCUT2D eigenvalue weighted by atomic mass is 9.89. The number of anilines is 1. The van der Waals surface area contributed by atoms with Gasteiger partial charge in [-0.05, 0) is 24.5 Å². The summed E-state index contributed by atoms with van der Waals surface area (Å²) in [4.78, 5) is 38.1. The molecule has 7 nitrogen and oxygen atoms in total. The van der Waals surface area contributed by atoms with E-state index in [1.54, 1.807) is 37.3 Å². The molecule has 3 aliphatic rings. The molecule has 0 radical (unpaired) electrons. The molecule has 28 heavy (non-hydrogen) atoms. The number of amides is 2. The highest BCUT2D eigenvalue weighted by atomic mass is 31.2. The van der Waals surface area contributed by atoms with Gasteiger partial charge in [0.1, 0.15) is 0 Å².